The number of likely N-dealkylation sites (tertiary alicyclic amines) is 1. The lowest BCUT2D eigenvalue weighted by Crippen LogP contribution is -2.41. The molecule has 4 nitrogen and oxygen atoms in total. The first-order valence-corrected chi connectivity index (χ1v) is 9.56. The molecule has 0 N–H and O–H groups in total. The third-order valence-electron chi connectivity index (χ3n) is 5.40. The van der Waals surface area contributed by atoms with E-state index in [1.54, 1.807) is 0 Å². The number of hydrogen-bond acceptors (Lipinski definition) is 4. The molecule has 0 aliphatic carbocycles. The second-order valence-electron chi connectivity index (χ2n) is 6.98. The van der Waals surface area contributed by atoms with Crippen LogP contribution >= 0.6 is 0 Å². The van der Waals surface area contributed by atoms with Crippen molar-refractivity contribution < 1.29 is 14.2 Å². The normalized spacial score (nSPS) is 19.4. The van der Waals surface area contributed by atoms with Crippen molar-refractivity contribution in [1.29, 1.82) is 0 Å². The van der Waals surface area contributed by atoms with E-state index < -0.39 is 0 Å². The first-order valence-electron chi connectivity index (χ1n) is 9.56. The highest BCUT2D eigenvalue weighted by molar-refractivity contribution is 5.46. The molecule has 3 rings (SSSR count). The molecule has 1 aromatic rings. The molecular weight excluding hydrogens is 302 g/mol. The average molecular weight is 333 g/mol. The van der Waals surface area contributed by atoms with Gasteiger partial charge in [0.1, 0.15) is 5.75 Å². The highest BCUT2D eigenvalue weighted by Gasteiger charge is 2.23. The SMILES string of the molecule is CCCC(CC)N1CCC(CCOc2ccc3c(c2)OCO3)CC1. The zero-order valence-electron chi connectivity index (χ0n) is 15.1. The summed E-state index contributed by atoms with van der Waals surface area (Å²) in [7, 11) is 0. The smallest absolute Gasteiger partial charge is 0.231 e. The van der Waals surface area contributed by atoms with Gasteiger partial charge in [0.15, 0.2) is 11.5 Å². The van der Waals surface area contributed by atoms with Gasteiger partial charge in [-0.1, -0.05) is 20.3 Å². The molecule has 24 heavy (non-hydrogen) atoms. The van der Waals surface area contributed by atoms with Crippen molar-refractivity contribution >= 4 is 0 Å². The molecule has 0 spiro atoms. The molecule has 1 unspecified atom stereocenters. The van der Waals surface area contributed by atoms with Crippen LogP contribution in [0.4, 0.5) is 0 Å². The number of nitrogens with zero attached hydrogens (tertiary/aromatic N) is 1. The minimum Gasteiger partial charge on any atom is -0.493 e. The first-order chi connectivity index (χ1) is 11.8. The Morgan fingerprint density at radius 1 is 1.17 bits per heavy atom. The van der Waals surface area contributed by atoms with Gasteiger partial charge in [0, 0.05) is 12.1 Å². The van der Waals surface area contributed by atoms with Crippen molar-refractivity contribution in [2.24, 2.45) is 5.92 Å². The predicted molar refractivity (Wildman–Crippen MR) is 96.0 cm³/mol. The van der Waals surface area contributed by atoms with Gasteiger partial charge in [-0.15, -0.1) is 0 Å². The van der Waals surface area contributed by atoms with Gasteiger partial charge in [0.05, 0.1) is 6.61 Å². The molecular formula is C20H31NO3. The highest BCUT2D eigenvalue weighted by atomic mass is 16.7. The van der Waals surface area contributed by atoms with Crippen molar-refractivity contribution in [2.75, 3.05) is 26.5 Å². The van der Waals surface area contributed by atoms with Crippen molar-refractivity contribution in [1.82, 2.24) is 4.90 Å². The van der Waals surface area contributed by atoms with Crippen LogP contribution in [-0.2, 0) is 0 Å². The van der Waals surface area contributed by atoms with Crippen LogP contribution in [0.3, 0.4) is 0 Å². The standard InChI is InChI=1S/C20H31NO3/c1-3-5-17(4-2)21-11-8-16(9-12-21)10-13-22-18-6-7-19-20(14-18)24-15-23-19/h6-7,14,16-17H,3-5,8-13,15H2,1-2H3. The predicted octanol–water partition coefficient (Wildman–Crippen LogP) is 4.47. The van der Waals surface area contributed by atoms with E-state index in [2.05, 4.69) is 18.7 Å². The molecule has 0 radical (unpaired) electrons. The van der Waals surface area contributed by atoms with Crippen molar-refractivity contribution in [2.45, 2.75) is 58.4 Å². The summed E-state index contributed by atoms with van der Waals surface area (Å²) in [6.45, 7) is 8.24. The van der Waals surface area contributed by atoms with Crippen molar-refractivity contribution in [3.8, 4) is 17.2 Å². The quantitative estimate of drug-likeness (QED) is 0.702. The first kappa shape index (κ1) is 17.4. The Hall–Kier alpha value is -1.42. The molecule has 2 aliphatic heterocycles. The average Bonchev–Trinajstić information content (AvgIpc) is 3.08. The van der Waals surface area contributed by atoms with Gasteiger partial charge in [-0.3, -0.25) is 0 Å². The van der Waals surface area contributed by atoms with Crippen LogP contribution in [0.2, 0.25) is 0 Å². The summed E-state index contributed by atoms with van der Waals surface area (Å²) >= 11 is 0. The molecule has 4 heteroatoms. The zero-order valence-corrected chi connectivity index (χ0v) is 15.1. The third kappa shape index (κ3) is 4.35. The lowest BCUT2D eigenvalue weighted by molar-refractivity contribution is 0.113. The van der Waals surface area contributed by atoms with Gasteiger partial charge in [-0.25, -0.2) is 0 Å². The summed E-state index contributed by atoms with van der Waals surface area (Å²) in [5.74, 6) is 3.29. The monoisotopic (exact) mass is 333 g/mol. The van der Waals surface area contributed by atoms with Gasteiger partial charge >= 0.3 is 0 Å². The van der Waals surface area contributed by atoms with Crippen molar-refractivity contribution in [3.05, 3.63) is 18.2 Å². The number of fused-ring (bicyclic) bond motifs is 1. The van der Waals surface area contributed by atoms with E-state index in [-0.39, 0.29) is 0 Å². The van der Waals surface area contributed by atoms with Gasteiger partial charge < -0.3 is 19.1 Å². The lowest BCUT2D eigenvalue weighted by atomic mass is 9.92. The molecule has 1 saturated heterocycles. The minimum absolute atomic E-state index is 0.314. The maximum atomic E-state index is 5.92. The summed E-state index contributed by atoms with van der Waals surface area (Å²) in [4.78, 5) is 2.71. The summed E-state index contributed by atoms with van der Waals surface area (Å²) in [6, 6.07) is 6.61. The van der Waals surface area contributed by atoms with Crippen molar-refractivity contribution in [3.63, 3.8) is 0 Å². The fourth-order valence-electron chi connectivity index (χ4n) is 3.89. The fourth-order valence-corrected chi connectivity index (χ4v) is 3.89. The number of piperidine rings is 1. The number of rotatable bonds is 8. The summed E-state index contributed by atoms with van der Waals surface area (Å²) in [6.07, 6.45) is 7.68. The minimum atomic E-state index is 0.314. The summed E-state index contributed by atoms with van der Waals surface area (Å²) < 4.78 is 16.6. The molecule has 1 aromatic carbocycles. The summed E-state index contributed by atoms with van der Waals surface area (Å²) in [5.41, 5.74) is 0. The Labute approximate surface area is 146 Å². The van der Waals surface area contributed by atoms with Gasteiger partial charge in [-0.05, 0) is 63.2 Å². The second-order valence-corrected chi connectivity index (χ2v) is 6.98. The molecule has 2 aliphatic rings. The Bertz CT molecular complexity index is 512. The van der Waals surface area contributed by atoms with E-state index >= 15 is 0 Å². The van der Waals surface area contributed by atoms with E-state index in [0.717, 1.165) is 42.2 Å². The van der Waals surface area contributed by atoms with Crippen LogP contribution in [0.5, 0.6) is 17.2 Å². The lowest BCUT2D eigenvalue weighted by Gasteiger charge is -2.37. The van der Waals surface area contributed by atoms with Gasteiger partial charge in [0.25, 0.3) is 0 Å². The molecule has 0 saturated carbocycles. The Morgan fingerprint density at radius 2 is 1.96 bits per heavy atom. The molecule has 0 bridgehead atoms. The second kappa shape index (κ2) is 8.61. The fraction of sp³-hybridized carbons (Fsp3) is 0.700. The number of hydrogen-bond donors (Lipinski definition) is 0. The molecule has 1 fully saturated rings. The zero-order chi connectivity index (χ0) is 16.8. The van der Waals surface area contributed by atoms with Crippen LogP contribution in [-0.4, -0.2) is 37.4 Å². The molecule has 134 valence electrons. The van der Waals surface area contributed by atoms with Crippen LogP contribution in [0.25, 0.3) is 0 Å². The highest BCUT2D eigenvalue weighted by Crippen LogP contribution is 2.35. The van der Waals surface area contributed by atoms with Crippen LogP contribution in [0.15, 0.2) is 18.2 Å². The Balaban J connectivity index is 1.38. The van der Waals surface area contributed by atoms with Crippen LogP contribution in [0.1, 0.15) is 52.4 Å². The van der Waals surface area contributed by atoms with E-state index in [0.29, 0.717) is 6.79 Å². The van der Waals surface area contributed by atoms with E-state index in [1.165, 1.54) is 45.2 Å². The molecule has 0 amide bonds. The molecule has 2 heterocycles. The van der Waals surface area contributed by atoms with Crippen LogP contribution in [0, 0.1) is 5.92 Å². The Kier molecular flexibility index (Phi) is 6.24. The topological polar surface area (TPSA) is 30.9 Å². The van der Waals surface area contributed by atoms with Gasteiger partial charge in [-0.2, -0.15) is 0 Å². The van der Waals surface area contributed by atoms with Gasteiger partial charge in [0.2, 0.25) is 6.79 Å². The number of benzene rings is 1. The molecule has 1 atom stereocenters. The van der Waals surface area contributed by atoms with E-state index in [4.69, 9.17) is 14.2 Å². The molecule has 0 aromatic heterocycles. The Morgan fingerprint density at radius 3 is 2.71 bits per heavy atom. The van der Waals surface area contributed by atoms with Crippen LogP contribution < -0.4 is 14.2 Å². The maximum Gasteiger partial charge on any atom is 0.231 e. The summed E-state index contributed by atoms with van der Waals surface area (Å²) in [5, 5.41) is 0. The largest absolute Gasteiger partial charge is 0.493 e. The van der Waals surface area contributed by atoms with E-state index in [9.17, 15) is 0 Å². The number of ether oxygens (including phenoxy) is 3. The third-order valence-corrected chi connectivity index (χ3v) is 5.40. The maximum absolute atomic E-state index is 5.92. The van der Waals surface area contributed by atoms with E-state index in [1.807, 2.05) is 18.2 Å².